The average Bonchev–Trinajstić information content (AvgIpc) is 2.11. The van der Waals surface area contributed by atoms with Crippen LogP contribution in [0.4, 0.5) is 0 Å². The van der Waals surface area contributed by atoms with Gasteiger partial charge >= 0.3 is 0 Å². The van der Waals surface area contributed by atoms with E-state index in [2.05, 4.69) is 16.9 Å². The van der Waals surface area contributed by atoms with Crippen molar-refractivity contribution >= 4 is 29.1 Å². The lowest BCUT2D eigenvalue weighted by molar-refractivity contribution is 0.694. The Hall–Kier alpha value is 0.0400. The topological polar surface area (TPSA) is 24.1 Å². The highest BCUT2D eigenvalue weighted by Gasteiger charge is 1.92. The quantitative estimate of drug-likeness (QED) is 0.506. The van der Waals surface area contributed by atoms with Gasteiger partial charge in [-0.15, -0.1) is 0 Å². The van der Waals surface area contributed by atoms with Gasteiger partial charge in [0.1, 0.15) is 0 Å². The number of nitrogens with one attached hydrogen (secondary N) is 2. The largest absolute Gasteiger partial charge is 0.363 e. The van der Waals surface area contributed by atoms with Crippen molar-refractivity contribution in [2.75, 3.05) is 25.1 Å². The predicted molar refractivity (Wildman–Crippen MR) is 66.5 cm³/mol. The van der Waals surface area contributed by atoms with Gasteiger partial charge in [-0.1, -0.05) is 6.42 Å². The van der Waals surface area contributed by atoms with Gasteiger partial charge in [0.25, 0.3) is 0 Å². The number of thioether (sulfide) groups is 1. The molecule has 0 aliphatic carbocycles. The fraction of sp³-hybridized carbons (Fsp3) is 0.889. The van der Waals surface area contributed by atoms with Crippen LogP contribution in [0.2, 0.25) is 0 Å². The summed E-state index contributed by atoms with van der Waals surface area (Å²) >= 11 is 6.94. The molecule has 0 radical (unpaired) electrons. The highest BCUT2D eigenvalue weighted by Crippen LogP contribution is 2.00. The van der Waals surface area contributed by atoms with E-state index in [0.717, 1.165) is 18.2 Å². The second kappa shape index (κ2) is 10.1. The molecule has 4 heteroatoms. The van der Waals surface area contributed by atoms with E-state index in [4.69, 9.17) is 12.2 Å². The summed E-state index contributed by atoms with van der Waals surface area (Å²) in [6, 6.07) is 0. The van der Waals surface area contributed by atoms with Crippen molar-refractivity contribution in [3.05, 3.63) is 0 Å². The molecule has 0 saturated carbocycles. The van der Waals surface area contributed by atoms with Crippen LogP contribution in [-0.4, -0.2) is 30.2 Å². The molecule has 0 bridgehead atoms. The molecule has 0 fully saturated rings. The van der Waals surface area contributed by atoms with Crippen LogP contribution < -0.4 is 10.6 Å². The Labute approximate surface area is 91.2 Å². The first-order valence-corrected chi connectivity index (χ1v) is 6.62. The fourth-order valence-corrected chi connectivity index (χ4v) is 1.71. The maximum Gasteiger partial charge on any atom is 0.166 e. The maximum atomic E-state index is 5.03. The highest BCUT2D eigenvalue weighted by atomic mass is 32.2. The first-order chi connectivity index (χ1) is 6.31. The summed E-state index contributed by atoms with van der Waals surface area (Å²) in [5.41, 5.74) is 0. The molecule has 0 aliphatic rings. The lowest BCUT2D eigenvalue weighted by Crippen LogP contribution is -2.35. The van der Waals surface area contributed by atoms with Crippen molar-refractivity contribution in [2.24, 2.45) is 0 Å². The molecule has 0 atom stereocenters. The first-order valence-electron chi connectivity index (χ1n) is 4.82. The summed E-state index contributed by atoms with van der Waals surface area (Å²) < 4.78 is 0. The molecule has 0 heterocycles. The molecule has 0 saturated heterocycles. The third kappa shape index (κ3) is 9.96. The van der Waals surface area contributed by atoms with Crippen LogP contribution in [0.25, 0.3) is 0 Å². The zero-order chi connectivity index (χ0) is 9.94. The zero-order valence-corrected chi connectivity index (χ0v) is 10.2. The molecule has 0 aromatic rings. The monoisotopic (exact) mass is 220 g/mol. The van der Waals surface area contributed by atoms with Crippen molar-refractivity contribution in [2.45, 2.75) is 26.2 Å². The third-order valence-corrected chi connectivity index (χ3v) is 2.63. The van der Waals surface area contributed by atoms with Crippen LogP contribution >= 0.6 is 24.0 Å². The second-order valence-electron chi connectivity index (χ2n) is 2.84. The molecular formula is C9H20N2S2. The number of thiocarbonyl (C=S) groups is 1. The van der Waals surface area contributed by atoms with Gasteiger partial charge in [-0.3, -0.25) is 0 Å². The summed E-state index contributed by atoms with van der Waals surface area (Å²) in [5.74, 6) is 1.28. The minimum atomic E-state index is 0.785. The Kier molecular flexibility index (Phi) is 10.2. The van der Waals surface area contributed by atoms with E-state index in [9.17, 15) is 0 Å². The zero-order valence-electron chi connectivity index (χ0n) is 8.56. The first kappa shape index (κ1) is 13.0. The Morgan fingerprint density at radius 1 is 1.23 bits per heavy atom. The van der Waals surface area contributed by atoms with Crippen LogP contribution in [-0.2, 0) is 0 Å². The van der Waals surface area contributed by atoms with Gasteiger partial charge < -0.3 is 10.6 Å². The van der Waals surface area contributed by atoms with Gasteiger partial charge in [-0.2, -0.15) is 11.8 Å². The molecule has 0 amide bonds. The smallest absolute Gasteiger partial charge is 0.166 e. The minimum Gasteiger partial charge on any atom is -0.363 e. The average molecular weight is 220 g/mol. The van der Waals surface area contributed by atoms with Gasteiger partial charge in [0.05, 0.1) is 0 Å². The number of hydrogen-bond donors (Lipinski definition) is 2. The van der Waals surface area contributed by atoms with Gasteiger partial charge in [-0.25, -0.2) is 0 Å². The van der Waals surface area contributed by atoms with Crippen molar-refractivity contribution in [1.82, 2.24) is 10.6 Å². The lowest BCUT2D eigenvalue weighted by Gasteiger charge is -2.07. The molecule has 0 aromatic carbocycles. The van der Waals surface area contributed by atoms with E-state index >= 15 is 0 Å². The Morgan fingerprint density at radius 3 is 2.62 bits per heavy atom. The van der Waals surface area contributed by atoms with Crippen molar-refractivity contribution in [3.63, 3.8) is 0 Å². The SMILES string of the molecule is CCNC(=S)NCCCCCSC. The van der Waals surface area contributed by atoms with Crippen LogP contribution in [0.5, 0.6) is 0 Å². The summed E-state index contributed by atoms with van der Waals surface area (Å²) in [4.78, 5) is 0. The van der Waals surface area contributed by atoms with E-state index in [-0.39, 0.29) is 0 Å². The van der Waals surface area contributed by atoms with Crippen LogP contribution in [0.1, 0.15) is 26.2 Å². The normalized spacial score (nSPS) is 9.69. The standard InChI is InChI=1S/C9H20N2S2/c1-3-10-9(12)11-7-5-4-6-8-13-2/h3-8H2,1-2H3,(H2,10,11,12). The van der Waals surface area contributed by atoms with E-state index in [1.807, 2.05) is 18.7 Å². The molecule has 2 nitrogen and oxygen atoms in total. The van der Waals surface area contributed by atoms with Crippen LogP contribution in [0.3, 0.4) is 0 Å². The molecule has 0 aromatic heterocycles. The number of hydrogen-bond acceptors (Lipinski definition) is 2. The maximum absolute atomic E-state index is 5.03. The molecule has 0 aliphatic heterocycles. The Morgan fingerprint density at radius 2 is 2.00 bits per heavy atom. The van der Waals surface area contributed by atoms with E-state index in [1.165, 1.54) is 25.0 Å². The molecule has 0 unspecified atom stereocenters. The lowest BCUT2D eigenvalue weighted by atomic mass is 10.2. The molecule has 13 heavy (non-hydrogen) atoms. The molecule has 0 rings (SSSR count). The van der Waals surface area contributed by atoms with Crippen LogP contribution in [0.15, 0.2) is 0 Å². The van der Waals surface area contributed by atoms with Gasteiger partial charge in [0, 0.05) is 13.1 Å². The van der Waals surface area contributed by atoms with Crippen molar-refractivity contribution in [3.8, 4) is 0 Å². The van der Waals surface area contributed by atoms with Gasteiger partial charge in [0.2, 0.25) is 0 Å². The highest BCUT2D eigenvalue weighted by molar-refractivity contribution is 7.98. The summed E-state index contributed by atoms with van der Waals surface area (Å²) in [6.07, 6.45) is 5.98. The predicted octanol–water partition coefficient (Wildman–Crippen LogP) is 2.00. The van der Waals surface area contributed by atoms with Crippen molar-refractivity contribution < 1.29 is 0 Å². The summed E-state index contributed by atoms with van der Waals surface area (Å²) in [7, 11) is 0. The summed E-state index contributed by atoms with van der Waals surface area (Å²) in [6.45, 7) is 3.95. The molecule has 78 valence electrons. The second-order valence-corrected chi connectivity index (χ2v) is 4.23. The third-order valence-electron chi connectivity index (χ3n) is 1.65. The molecule has 2 N–H and O–H groups in total. The van der Waals surface area contributed by atoms with Crippen LogP contribution in [0, 0.1) is 0 Å². The van der Waals surface area contributed by atoms with Gasteiger partial charge in [0.15, 0.2) is 5.11 Å². The van der Waals surface area contributed by atoms with Gasteiger partial charge in [-0.05, 0) is 44.0 Å². The van der Waals surface area contributed by atoms with Crippen molar-refractivity contribution in [1.29, 1.82) is 0 Å². The minimum absolute atomic E-state index is 0.785. The Bertz CT molecular complexity index is 129. The fourth-order valence-electron chi connectivity index (χ4n) is 0.973. The summed E-state index contributed by atoms with van der Waals surface area (Å²) in [5, 5.41) is 7.02. The van der Waals surface area contributed by atoms with E-state index in [1.54, 1.807) is 0 Å². The van der Waals surface area contributed by atoms with E-state index < -0.39 is 0 Å². The van der Waals surface area contributed by atoms with E-state index in [0.29, 0.717) is 0 Å². The molecule has 0 spiro atoms. The number of unbranched alkanes of at least 4 members (excludes halogenated alkanes) is 2. The Balaban J connectivity index is 3.02. The molecular weight excluding hydrogens is 200 g/mol. The number of rotatable bonds is 7.